The number of alkyl halides is 1. The molecule has 1 atom stereocenters. The highest BCUT2D eigenvalue weighted by Gasteiger charge is 1.96. The second-order valence-electron chi connectivity index (χ2n) is 5.55. The van der Waals surface area contributed by atoms with Crippen molar-refractivity contribution in [2.75, 3.05) is 0 Å². The number of hydrogen-bond donors (Lipinski definition) is 1. The van der Waals surface area contributed by atoms with Crippen LogP contribution in [-0.2, 0) is 0 Å². The van der Waals surface area contributed by atoms with Crippen LogP contribution in [0.4, 0.5) is 0 Å². The van der Waals surface area contributed by atoms with Gasteiger partial charge >= 0.3 is 0 Å². The number of hydrogen-bond acceptors (Lipinski definition) is 1. The van der Waals surface area contributed by atoms with Gasteiger partial charge in [0.1, 0.15) is 0 Å². The van der Waals surface area contributed by atoms with Crippen LogP contribution in [0.1, 0.15) is 96.8 Å². The van der Waals surface area contributed by atoms with E-state index in [2.05, 4.69) is 6.92 Å². The second-order valence-corrected chi connectivity index (χ2v) is 6.11. The fourth-order valence-corrected chi connectivity index (χ4v) is 2.51. The van der Waals surface area contributed by atoms with Gasteiger partial charge in [-0.3, -0.25) is 0 Å². The fourth-order valence-electron chi connectivity index (χ4n) is 2.36. The average Bonchev–Trinajstić information content (AvgIpc) is 2.34. The molecule has 2 heteroatoms. The molecule has 0 radical (unpaired) electrons. The van der Waals surface area contributed by atoms with Gasteiger partial charge in [-0.15, -0.1) is 11.6 Å². The molecule has 2 N–H and O–H groups in total. The Morgan fingerprint density at radius 3 is 1.33 bits per heavy atom. The zero-order valence-electron chi connectivity index (χ0n) is 12.4. The summed E-state index contributed by atoms with van der Waals surface area (Å²) in [4.78, 5) is 0. The molecule has 0 saturated heterocycles. The van der Waals surface area contributed by atoms with E-state index in [1.54, 1.807) is 0 Å². The van der Waals surface area contributed by atoms with Crippen molar-refractivity contribution in [1.82, 2.24) is 0 Å². The molecule has 18 heavy (non-hydrogen) atoms. The first-order chi connectivity index (χ1) is 8.77. The Labute approximate surface area is 120 Å². The van der Waals surface area contributed by atoms with Gasteiger partial charge in [-0.25, -0.2) is 0 Å². The molecule has 1 nitrogen and oxygen atoms in total. The van der Waals surface area contributed by atoms with Crippen LogP contribution in [0.3, 0.4) is 0 Å². The monoisotopic (exact) mass is 275 g/mol. The summed E-state index contributed by atoms with van der Waals surface area (Å²) in [5.74, 6) is 0. The molecule has 0 rings (SSSR count). The van der Waals surface area contributed by atoms with E-state index >= 15 is 0 Å². The van der Waals surface area contributed by atoms with Crippen LogP contribution < -0.4 is 5.73 Å². The SMILES string of the molecule is CCCCCCCCCCCCCCCC(N)Cl. The Balaban J connectivity index is 2.90. The minimum Gasteiger partial charge on any atom is -0.315 e. The summed E-state index contributed by atoms with van der Waals surface area (Å²) in [6.45, 7) is 2.28. The Kier molecular flexibility index (Phi) is 15.5. The van der Waals surface area contributed by atoms with Crippen LogP contribution in [0.2, 0.25) is 0 Å². The lowest BCUT2D eigenvalue weighted by Gasteiger charge is -2.04. The molecule has 0 aromatic heterocycles. The highest BCUT2D eigenvalue weighted by molar-refractivity contribution is 6.20. The smallest absolute Gasteiger partial charge is 0.0800 e. The zero-order chi connectivity index (χ0) is 13.5. The summed E-state index contributed by atoms with van der Waals surface area (Å²) in [6, 6.07) is 0. The lowest BCUT2D eigenvalue weighted by molar-refractivity contribution is 0.534. The maximum absolute atomic E-state index is 5.70. The minimum atomic E-state index is -0.127. The van der Waals surface area contributed by atoms with E-state index < -0.39 is 0 Å². The molecule has 1 unspecified atom stereocenters. The first-order valence-corrected chi connectivity index (χ1v) is 8.60. The van der Waals surface area contributed by atoms with E-state index in [1.165, 1.54) is 83.5 Å². The van der Waals surface area contributed by atoms with Crippen LogP contribution in [0, 0.1) is 0 Å². The van der Waals surface area contributed by atoms with Crippen molar-refractivity contribution in [3.63, 3.8) is 0 Å². The first kappa shape index (κ1) is 18.2. The van der Waals surface area contributed by atoms with Gasteiger partial charge in [0.05, 0.1) is 5.50 Å². The molecule has 0 heterocycles. The zero-order valence-corrected chi connectivity index (χ0v) is 13.2. The Hall–Kier alpha value is 0.250. The topological polar surface area (TPSA) is 26.0 Å². The largest absolute Gasteiger partial charge is 0.315 e. The number of rotatable bonds is 14. The van der Waals surface area contributed by atoms with Crippen molar-refractivity contribution in [3.05, 3.63) is 0 Å². The quantitative estimate of drug-likeness (QED) is 0.235. The summed E-state index contributed by atoms with van der Waals surface area (Å²) in [6.07, 6.45) is 19.1. The molecule has 0 bridgehead atoms. The molecule has 0 aliphatic rings. The summed E-state index contributed by atoms with van der Waals surface area (Å²) in [5.41, 5.74) is 5.37. The Bertz CT molecular complexity index is 148. The van der Waals surface area contributed by atoms with Gasteiger partial charge in [0.25, 0.3) is 0 Å². The van der Waals surface area contributed by atoms with E-state index in [9.17, 15) is 0 Å². The molecular formula is C16H34ClN. The second kappa shape index (κ2) is 15.3. The number of unbranched alkanes of at least 4 members (excludes halogenated alkanes) is 12. The minimum absolute atomic E-state index is 0.127. The van der Waals surface area contributed by atoms with Gasteiger partial charge in [0.2, 0.25) is 0 Å². The third-order valence-corrected chi connectivity index (χ3v) is 3.80. The predicted molar refractivity (Wildman–Crippen MR) is 84.1 cm³/mol. The molecule has 0 fully saturated rings. The van der Waals surface area contributed by atoms with Crippen LogP contribution in [0.15, 0.2) is 0 Å². The van der Waals surface area contributed by atoms with E-state index in [0.29, 0.717) is 0 Å². The van der Waals surface area contributed by atoms with Gasteiger partial charge in [0, 0.05) is 0 Å². The Morgan fingerprint density at radius 2 is 1.00 bits per heavy atom. The first-order valence-electron chi connectivity index (χ1n) is 8.17. The predicted octanol–water partition coefficient (Wildman–Crippen LogP) is 5.99. The number of halogens is 1. The standard InChI is InChI=1S/C16H34ClN/c1-2-3-4-5-6-7-8-9-10-11-12-13-14-15-16(17)18/h16H,2-15,18H2,1H3. The van der Waals surface area contributed by atoms with Gasteiger partial charge in [-0.2, -0.15) is 0 Å². The highest BCUT2D eigenvalue weighted by atomic mass is 35.5. The van der Waals surface area contributed by atoms with Gasteiger partial charge in [-0.1, -0.05) is 90.4 Å². The van der Waals surface area contributed by atoms with Crippen molar-refractivity contribution in [1.29, 1.82) is 0 Å². The third-order valence-electron chi connectivity index (χ3n) is 3.58. The summed E-state index contributed by atoms with van der Waals surface area (Å²) in [5, 5.41) is 0. The third kappa shape index (κ3) is 16.2. The fraction of sp³-hybridized carbons (Fsp3) is 1.00. The molecule has 0 amide bonds. The molecule has 0 aliphatic carbocycles. The average molecular weight is 276 g/mol. The van der Waals surface area contributed by atoms with E-state index in [4.69, 9.17) is 17.3 Å². The normalized spacial score (nSPS) is 12.8. The van der Waals surface area contributed by atoms with Crippen molar-refractivity contribution >= 4 is 11.6 Å². The van der Waals surface area contributed by atoms with Crippen molar-refractivity contribution in [3.8, 4) is 0 Å². The van der Waals surface area contributed by atoms with Gasteiger partial charge < -0.3 is 5.73 Å². The maximum Gasteiger partial charge on any atom is 0.0800 e. The van der Waals surface area contributed by atoms with E-state index in [0.717, 1.165) is 6.42 Å². The maximum atomic E-state index is 5.70. The van der Waals surface area contributed by atoms with E-state index in [-0.39, 0.29) is 5.50 Å². The van der Waals surface area contributed by atoms with E-state index in [1.807, 2.05) is 0 Å². The summed E-state index contributed by atoms with van der Waals surface area (Å²) >= 11 is 5.70. The van der Waals surface area contributed by atoms with Gasteiger partial charge in [-0.05, 0) is 6.42 Å². The van der Waals surface area contributed by atoms with Crippen molar-refractivity contribution in [2.24, 2.45) is 5.73 Å². The molecule has 0 aromatic rings. The Morgan fingerprint density at radius 1 is 0.667 bits per heavy atom. The summed E-state index contributed by atoms with van der Waals surface area (Å²) in [7, 11) is 0. The van der Waals surface area contributed by atoms with Crippen molar-refractivity contribution < 1.29 is 0 Å². The molecule has 0 aliphatic heterocycles. The molecule has 110 valence electrons. The molecule has 0 saturated carbocycles. The molecule has 0 spiro atoms. The van der Waals surface area contributed by atoms with Crippen LogP contribution in [0.25, 0.3) is 0 Å². The van der Waals surface area contributed by atoms with Crippen molar-refractivity contribution in [2.45, 2.75) is 102 Å². The molecule has 0 aromatic carbocycles. The lowest BCUT2D eigenvalue weighted by atomic mass is 10.0. The van der Waals surface area contributed by atoms with Crippen LogP contribution >= 0.6 is 11.6 Å². The lowest BCUT2D eigenvalue weighted by Crippen LogP contribution is -2.10. The van der Waals surface area contributed by atoms with Crippen LogP contribution in [0.5, 0.6) is 0 Å². The van der Waals surface area contributed by atoms with Gasteiger partial charge in [0.15, 0.2) is 0 Å². The highest BCUT2D eigenvalue weighted by Crippen LogP contribution is 2.13. The molecular weight excluding hydrogens is 242 g/mol. The number of nitrogens with two attached hydrogens (primary N) is 1. The summed E-state index contributed by atoms with van der Waals surface area (Å²) < 4.78 is 0. The van der Waals surface area contributed by atoms with Crippen LogP contribution in [-0.4, -0.2) is 5.50 Å².